The van der Waals surface area contributed by atoms with E-state index in [-0.39, 0.29) is 5.75 Å². The zero-order valence-corrected chi connectivity index (χ0v) is 16.2. The first-order valence-electron chi connectivity index (χ1n) is 8.67. The maximum atomic E-state index is 9.36. The third kappa shape index (κ3) is 4.35. The van der Waals surface area contributed by atoms with Gasteiger partial charge in [-0.2, -0.15) is 0 Å². The molecule has 0 saturated heterocycles. The number of aromatic hydroxyl groups is 1. The molecule has 6 heteroatoms. The first-order valence-corrected chi connectivity index (χ1v) is 9.49. The Kier molecular flexibility index (Phi) is 5.88. The first-order chi connectivity index (χ1) is 13.2. The van der Waals surface area contributed by atoms with Crippen LogP contribution >= 0.6 is 11.3 Å². The van der Waals surface area contributed by atoms with E-state index in [9.17, 15) is 5.11 Å². The molecule has 2 N–H and O–H groups in total. The molecule has 0 aliphatic heterocycles. The average Bonchev–Trinajstić information content (AvgIpc) is 3.12. The number of anilines is 2. The highest BCUT2D eigenvalue weighted by molar-refractivity contribution is 7.22. The molecule has 5 nitrogen and oxygen atoms in total. The highest BCUT2D eigenvalue weighted by Crippen LogP contribution is 2.32. The van der Waals surface area contributed by atoms with Gasteiger partial charge in [-0.1, -0.05) is 31.3 Å². The average molecular weight is 379 g/mol. The number of pyridine rings is 1. The van der Waals surface area contributed by atoms with Gasteiger partial charge in [-0.25, -0.2) is 4.98 Å². The molecule has 4 aromatic rings. The van der Waals surface area contributed by atoms with E-state index in [4.69, 9.17) is 4.74 Å². The van der Waals surface area contributed by atoms with Crippen LogP contribution in [0.5, 0.6) is 11.5 Å². The van der Waals surface area contributed by atoms with Crippen LogP contribution in [0.15, 0.2) is 60.9 Å². The summed E-state index contributed by atoms with van der Waals surface area (Å²) in [6, 6.07) is 15.0. The van der Waals surface area contributed by atoms with Crippen LogP contribution in [0.1, 0.15) is 13.8 Å². The second-order valence-electron chi connectivity index (χ2n) is 5.49. The Morgan fingerprint density at radius 1 is 0.963 bits per heavy atom. The molecule has 4 rings (SSSR count). The minimum absolute atomic E-state index is 0.242. The molecule has 0 aliphatic rings. The number of rotatable bonds is 4. The molecule has 2 aromatic heterocycles. The Morgan fingerprint density at radius 3 is 2.48 bits per heavy atom. The fourth-order valence-corrected chi connectivity index (χ4v) is 3.44. The summed E-state index contributed by atoms with van der Waals surface area (Å²) in [7, 11) is 1.63. The van der Waals surface area contributed by atoms with Crippen molar-refractivity contribution in [2.45, 2.75) is 13.8 Å². The summed E-state index contributed by atoms with van der Waals surface area (Å²) in [5.41, 5.74) is 3.89. The molecule has 0 spiro atoms. The fourth-order valence-electron chi connectivity index (χ4n) is 2.51. The standard InChI is InChI=1S/C19H15N3O2S.C2H6/c1-24-16-8-13(10-20-11-16)12-2-7-17-18(9-12)25-19(22-17)21-14-3-5-15(23)6-4-14;1-2/h2-11,23H,1H3,(H,21,22);1-2H3. The predicted molar refractivity (Wildman–Crippen MR) is 112 cm³/mol. The van der Waals surface area contributed by atoms with Gasteiger partial charge >= 0.3 is 0 Å². The molecule has 2 aromatic carbocycles. The number of methoxy groups -OCH3 is 1. The minimum Gasteiger partial charge on any atom is -0.508 e. The monoisotopic (exact) mass is 379 g/mol. The summed E-state index contributed by atoms with van der Waals surface area (Å²) >= 11 is 1.58. The molecule has 0 amide bonds. The number of ether oxygens (including phenoxy) is 1. The van der Waals surface area contributed by atoms with Crippen molar-refractivity contribution in [3.05, 3.63) is 60.9 Å². The number of hydrogen-bond donors (Lipinski definition) is 2. The van der Waals surface area contributed by atoms with Crippen LogP contribution in [-0.2, 0) is 0 Å². The summed E-state index contributed by atoms with van der Waals surface area (Å²) in [6.45, 7) is 4.00. The molecule has 0 radical (unpaired) electrons. The number of phenolic OH excluding ortho intramolecular Hbond substituents is 1. The molecular formula is C21H21N3O2S. The largest absolute Gasteiger partial charge is 0.508 e. The van der Waals surface area contributed by atoms with Gasteiger partial charge in [0.05, 0.1) is 23.5 Å². The topological polar surface area (TPSA) is 67.3 Å². The van der Waals surface area contributed by atoms with Gasteiger partial charge in [0.15, 0.2) is 5.13 Å². The van der Waals surface area contributed by atoms with Gasteiger partial charge in [-0.3, -0.25) is 4.98 Å². The Bertz CT molecular complexity index is 1030. The van der Waals surface area contributed by atoms with Crippen molar-refractivity contribution >= 4 is 32.4 Å². The lowest BCUT2D eigenvalue weighted by Gasteiger charge is -2.03. The summed E-state index contributed by atoms with van der Waals surface area (Å²) in [5, 5.41) is 13.4. The number of nitrogens with one attached hydrogen (secondary N) is 1. The van der Waals surface area contributed by atoms with Crippen LogP contribution < -0.4 is 10.1 Å². The van der Waals surface area contributed by atoms with Gasteiger partial charge in [-0.15, -0.1) is 0 Å². The van der Waals surface area contributed by atoms with Gasteiger partial charge in [-0.05, 0) is 48.0 Å². The molecule has 0 unspecified atom stereocenters. The van der Waals surface area contributed by atoms with E-state index in [1.165, 1.54) is 0 Å². The van der Waals surface area contributed by atoms with Crippen molar-refractivity contribution in [3.8, 4) is 22.6 Å². The van der Waals surface area contributed by atoms with E-state index < -0.39 is 0 Å². The van der Waals surface area contributed by atoms with Crippen LogP contribution in [0.3, 0.4) is 0 Å². The van der Waals surface area contributed by atoms with Crippen LogP contribution in [-0.4, -0.2) is 22.2 Å². The Balaban J connectivity index is 0.00000102. The van der Waals surface area contributed by atoms with Gasteiger partial charge in [0.2, 0.25) is 0 Å². The molecule has 0 aliphatic carbocycles. The first kappa shape index (κ1) is 18.7. The molecule has 0 fully saturated rings. The number of benzene rings is 2. The number of aromatic nitrogens is 2. The number of nitrogens with zero attached hydrogens (tertiary/aromatic N) is 2. The molecular weight excluding hydrogens is 358 g/mol. The lowest BCUT2D eigenvalue weighted by molar-refractivity contribution is 0.413. The summed E-state index contributed by atoms with van der Waals surface area (Å²) in [5.74, 6) is 0.975. The normalized spacial score (nSPS) is 10.2. The van der Waals surface area contributed by atoms with Gasteiger partial charge in [0, 0.05) is 17.4 Å². The number of phenols is 1. The number of fused-ring (bicyclic) bond motifs is 1. The molecule has 0 saturated carbocycles. The van der Waals surface area contributed by atoms with Crippen molar-refractivity contribution < 1.29 is 9.84 Å². The third-order valence-corrected chi connectivity index (χ3v) is 4.72. The van der Waals surface area contributed by atoms with E-state index in [1.54, 1.807) is 36.8 Å². The van der Waals surface area contributed by atoms with Gasteiger partial charge < -0.3 is 15.2 Å². The highest BCUT2D eigenvalue weighted by Gasteiger charge is 2.07. The fraction of sp³-hybridized carbons (Fsp3) is 0.143. The zero-order chi connectivity index (χ0) is 19.2. The van der Waals surface area contributed by atoms with Crippen LogP contribution in [0.25, 0.3) is 21.3 Å². The van der Waals surface area contributed by atoms with E-state index in [0.717, 1.165) is 37.9 Å². The summed E-state index contributed by atoms with van der Waals surface area (Å²) < 4.78 is 6.33. The molecule has 27 heavy (non-hydrogen) atoms. The molecule has 2 heterocycles. The van der Waals surface area contributed by atoms with Crippen molar-refractivity contribution in [2.24, 2.45) is 0 Å². The Labute approximate surface area is 162 Å². The van der Waals surface area contributed by atoms with Crippen LogP contribution in [0, 0.1) is 0 Å². The molecule has 0 atom stereocenters. The zero-order valence-electron chi connectivity index (χ0n) is 15.4. The van der Waals surface area contributed by atoms with E-state index in [1.807, 2.05) is 50.4 Å². The summed E-state index contributed by atoms with van der Waals surface area (Å²) in [4.78, 5) is 8.81. The maximum Gasteiger partial charge on any atom is 0.188 e. The smallest absolute Gasteiger partial charge is 0.188 e. The molecule has 138 valence electrons. The van der Waals surface area contributed by atoms with Gasteiger partial charge in [0.1, 0.15) is 11.5 Å². The predicted octanol–water partition coefficient (Wildman–Crippen LogP) is 5.84. The summed E-state index contributed by atoms with van der Waals surface area (Å²) in [6.07, 6.45) is 3.51. The van der Waals surface area contributed by atoms with Crippen molar-refractivity contribution in [3.63, 3.8) is 0 Å². The van der Waals surface area contributed by atoms with Crippen LogP contribution in [0.4, 0.5) is 10.8 Å². The van der Waals surface area contributed by atoms with Crippen molar-refractivity contribution in [2.75, 3.05) is 12.4 Å². The van der Waals surface area contributed by atoms with E-state index >= 15 is 0 Å². The Morgan fingerprint density at radius 2 is 1.74 bits per heavy atom. The minimum atomic E-state index is 0.242. The molecule has 0 bridgehead atoms. The third-order valence-electron chi connectivity index (χ3n) is 3.79. The van der Waals surface area contributed by atoms with Crippen molar-refractivity contribution in [1.29, 1.82) is 0 Å². The van der Waals surface area contributed by atoms with Crippen LogP contribution in [0.2, 0.25) is 0 Å². The maximum absolute atomic E-state index is 9.36. The quantitative estimate of drug-likeness (QED) is 0.436. The second-order valence-corrected chi connectivity index (χ2v) is 6.52. The van der Waals surface area contributed by atoms with Gasteiger partial charge in [0.25, 0.3) is 0 Å². The van der Waals surface area contributed by atoms with Crippen molar-refractivity contribution in [1.82, 2.24) is 9.97 Å². The van der Waals surface area contributed by atoms with E-state index in [2.05, 4.69) is 21.4 Å². The van der Waals surface area contributed by atoms with E-state index in [0.29, 0.717) is 0 Å². The number of hydrogen-bond acceptors (Lipinski definition) is 6. The lowest BCUT2D eigenvalue weighted by Crippen LogP contribution is -1.87. The highest BCUT2D eigenvalue weighted by atomic mass is 32.1. The lowest BCUT2D eigenvalue weighted by atomic mass is 10.1. The number of thiazole rings is 1. The SMILES string of the molecule is CC.COc1cncc(-c2ccc3nc(Nc4ccc(O)cc4)sc3c2)c1. The second kappa shape index (κ2) is 8.51. The Hall–Kier alpha value is -3.12.